The molecule has 4 heterocycles. The number of aryl methyl sites for hydroxylation is 1. The van der Waals surface area contributed by atoms with Crippen molar-refractivity contribution in [3.05, 3.63) is 34.4 Å². The van der Waals surface area contributed by atoms with E-state index in [1.54, 1.807) is 11.3 Å². The van der Waals surface area contributed by atoms with E-state index >= 15 is 0 Å². The van der Waals surface area contributed by atoms with Crippen LogP contribution in [0.25, 0.3) is 0 Å². The second-order valence-electron chi connectivity index (χ2n) is 6.94. The summed E-state index contributed by atoms with van der Waals surface area (Å²) in [6.45, 7) is 6.62. The number of hydrogen-bond acceptors (Lipinski definition) is 7. The number of hydrogen-bond donors (Lipinski definition) is 0. The molecule has 26 heavy (non-hydrogen) atoms. The number of piperidine rings is 1. The zero-order valence-corrected chi connectivity index (χ0v) is 15.8. The Balaban J connectivity index is 1.38. The molecule has 7 nitrogen and oxygen atoms in total. The van der Waals surface area contributed by atoms with Gasteiger partial charge >= 0.3 is 0 Å². The van der Waals surface area contributed by atoms with Gasteiger partial charge in [0.25, 0.3) is 5.91 Å². The maximum Gasteiger partial charge on any atom is 0.276 e. The molecule has 1 amide bonds. The summed E-state index contributed by atoms with van der Waals surface area (Å²) in [6, 6.07) is 0. The van der Waals surface area contributed by atoms with Crippen molar-refractivity contribution in [2.45, 2.75) is 38.3 Å². The van der Waals surface area contributed by atoms with Gasteiger partial charge in [0.15, 0.2) is 12.1 Å². The molecule has 0 saturated carbocycles. The first kappa shape index (κ1) is 17.6. The molecule has 2 aromatic heterocycles. The molecule has 4 rings (SSSR count). The minimum absolute atomic E-state index is 0.0384. The molecule has 2 aromatic rings. The molecule has 2 aliphatic heterocycles. The zero-order valence-electron chi connectivity index (χ0n) is 15.0. The van der Waals surface area contributed by atoms with E-state index in [0.717, 1.165) is 37.5 Å². The SMILES string of the molecule is CCc1ocnc1C(=O)N1CCOC2(CCN(Cc3nccs3)CC2)C1. The number of likely N-dealkylation sites (tertiary alicyclic amines) is 1. The van der Waals surface area contributed by atoms with Gasteiger partial charge in [0.05, 0.1) is 25.3 Å². The average molecular weight is 376 g/mol. The Morgan fingerprint density at radius 3 is 2.88 bits per heavy atom. The fourth-order valence-corrected chi connectivity index (χ4v) is 4.46. The highest BCUT2D eigenvalue weighted by molar-refractivity contribution is 7.09. The lowest BCUT2D eigenvalue weighted by atomic mass is 9.89. The van der Waals surface area contributed by atoms with Crippen LogP contribution in [0.3, 0.4) is 0 Å². The van der Waals surface area contributed by atoms with E-state index in [1.807, 2.05) is 23.4 Å². The first-order chi connectivity index (χ1) is 12.7. The molecule has 2 aliphatic rings. The summed E-state index contributed by atoms with van der Waals surface area (Å²) in [6.07, 6.45) is 5.75. The Labute approximate surface area is 157 Å². The lowest BCUT2D eigenvalue weighted by Gasteiger charge is -2.47. The minimum atomic E-state index is -0.233. The molecule has 2 saturated heterocycles. The third kappa shape index (κ3) is 3.54. The number of ether oxygens (including phenoxy) is 1. The number of carbonyl (C=O) groups excluding carboxylic acids is 1. The van der Waals surface area contributed by atoms with Crippen LogP contribution < -0.4 is 0 Å². The van der Waals surface area contributed by atoms with Crippen LogP contribution in [0.1, 0.15) is 41.0 Å². The number of amides is 1. The molecule has 0 bridgehead atoms. The van der Waals surface area contributed by atoms with E-state index < -0.39 is 0 Å². The Kier molecular flexibility index (Phi) is 5.06. The Morgan fingerprint density at radius 2 is 2.15 bits per heavy atom. The maximum absolute atomic E-state index is 12.9. The van der Waals surface area contributed by atoms with Crippen LogP contribution in [0, 0.1) is 0 Å². The molecule has 0 unspecified atom stereocenters. The van der Waals surface area contributed by atoms with Crippen LogP contribution in [0.5, 0.6) is 0 Å². The summed E-state index contributed by atoms with van der Waals surface area (Å²) >= 11 is 1.70. The first-order valence-corrected chi connectivity index (χ1v) is 10.0. The van der Waals surface area contributed by atoms with Crippen molar-refractivity contribution in [1.82, 2.24) is 19.8 Å². The molecule has 8 heteroatoms. The van der Waals surface area contributed by atoms with Crippen molar-refractivity contribution in [3.63, 3.8) is 0 Å². The molecule has 0 atom stereocenters. The lowest BCUT2D eigenvalue weighted by molar-refractivity contribution is -0.128. The van der Waals surface area contributed by atoms with E-state index in [9.17, 15) is 4.79 Å². The highest BCUT2D eigenvalue weighted by atomic mass is 32.1. The van der Waals surface area contributed by atoms with E-state index in [2.05, 4.69) is 14.9 Å². The zero-order chi connectivity index (χ0) is 18.0. The van der Waals surface area contributed by atoms with Gasteiger partial charge < -0.3 is 14.1 Å². The normalized spacial score (nSPS) is 20.6. The predicted molar refractivity (Wildman–Crippen MR) is 97.1 cm³/mol. The summed E-state index contributed by atoms with van der Waals surface area (Å²) in [5, 5.41) is 3.17. The van der Waals surface area contributed by atoms with Gasteiger partial charge in [-0.2, -0.15) is 0 Å². The fourth-order valence-electron chi connectivity index (χ4n) is 3.81. The van der Waals surface area contributed by atoms with Gasteiger partial charge in [0.1, 0.15) is 10.8 Å². The van der Waals surface area contributed by atoms with Gasteiger partial charge in [-0.1, -0.05) is 6.92 Å². The first-order valence-electron chi connectivity index (χ1n) is 9.15. The van der Waals surface area contributed by atoms with E-state index in [-0.39, 0.29) is 11.5 Å². The van der Waals surface area contributed by atoms with Crippen molar-refractivity contribution in [2.24, 2.45) is 0 Å². The van der Waals surface area contributed by atoms with Gasteiger partial charge in [-0.15, -0.1) is 11.3 Å². The molecule has 1 spiro atoms. The summed E-state index contributed by atoms with van der Waals surface area (Å²) in [4.78, 5) is 25.7. The number of rotatable bonds is 4. The number of morpholine rings is 1. The molecule has 0 aromatic carbocycles. The summed E-state index contributed by atoms with van der Waals surface area (Å²) in [5.41, 5.74) is 0.217. The molecule has 140 valence electrons. The van der Waals surface area contributed by atoms with Crippen LogP contribution >= 0.6 is 11.3 Å². The van der Waals surface area contributed by atoms with Gasteiger partial charge in [0.2, 0.25) is 0 Å². The summed E-state index contributed by atoms with van der Waals surface area (Å²) < 4.78 is 11.5. The Bertz CT molecular complexity index is 737. The molecule has 2 fully saturated rings. The van der Waals surface area contributed by atoms with Gasteiger partial charge in [-0.05, 0) is 12.8 Å². The van der Waals surface area contributed by atoms with Gasteiger partial charge in [0, 0.05) is 37.6 Å². The molecule has 0 aliphatic carbocycles. The summed E-state index contributed by atoms with van der Waals surface area (Å²) in [7, 11) is 0. The van der Waals surface area contributed by atoms with E-state index in [0.29, 0.717) is 37.6 Å². The third-order valence-electron chi connectivity index (χ3n) is 5.31. The Morgan fingerprint density at radius 1 is 1.31 bits per heavy atom. The van der Waals surface area contributed by atoms with Crippen molar-refractivity contribution < 1.29 is 13.9 Å². The standard InChI is InChI=1S/C18H24N4O3S/c1-2-14-16(20-13-24-14)17(23)22-8-9-25-18(12-22)3-6-21(7-4-18)11-15-19-5-10-26-15/h5,10,13H,2-4,6-9,11-12H2,1H3. The summed E-state index contributed by atoms with van der Waals surface area (Å²) in [5.74, 6) is 0.622. The van der Waals surface area contributed by atoms with Crippen molar-refractivity contribution in [3.8, 4) is 0 Å². The van der Waals surface area contributed by atoms with Crippen molar-refractivity contribution >= 4 is 17.2 Å². The number of thiazole rings is 1. The Hall–Kier alpha value is -1.77. The smallest absolute Gasteiger partial charge is 0.276 e. The van der Waals surface area contributed by atoms with Gasteiger partial charge in [-0.3, -0.25) is 9.69 Å². The lowest BCUT2D eigenvalue weighted by Crippen LogP contribution is -2.58. The largest absolute Gasteiger partial charge is 0.448 e. The highest BCUT2D eigenvalue weighted by Gasteiger charge is 2.41. The van der Waals surface area contributed by atoms with Crippen LogP contribution in [-0.2, 0) is 17.7 Å². The van der Waals surface area contributed by atoms with Crippen LogP contribution in [0.4, 0.5) is 0 Å². The van der Waals surface area contributed by atoms with E-state index in [1.165, 1.54) is 6.39 Å². The van der Waals surface area contributed by atoms with Crippen LogP contribution in [0.2, 0.25) is 0 Å². The van der Waals surface area contributed by atoms with Crippen molar-refractivity contribution in [1.29, 1.82) is 0 Å². The predicted octanol–water partition coefficient (Wildman–Crippen LogP) is 2.20. The quantitative estimate of drug-likeness (QED) is 0.815. The number of oxazole rings is 1. The minimum Gasteiger partial charge on any atom is -0.448 e. The topological polar surface area (TPSA) is 71.7 Å². The van der Waals surface area contributed by atoms with Crippen LogP contribution in [-0.4, -0.2) is 64.1 Å². The highest BCUT2D eigenvalue weighted by Crippen LogP contribution is 2.31. The monoisotopic (exact) mass is 376 g/mol. The second kappa shape index (κ2) is 7.46. The van der Waals surface area contributed by atoms with Crippen molar-refractivity contribution in [2.75, 3.05) is 32.8 Å². The third-order valence-corrected chi connectivity index (χ3v) is 6.07. The molecular formula is C18H24N4O3S. The second-order valence-corrected chi connectivity index (χ2v) is 7.92. The van der Waals surface area contributed by atoms with Gasteiger partial charge in [-0.25, -0.2) is 9.97 Å². The fraction of sp³-hybridized carbons (Fsp3) is 0.611. The average Bonchev–Trinajstić information content (AvgIpc) is 3.35. The number of aromatic nitrogens is 2. The number of nitrogens with zero attached hydrogens (tertiary/aromatic N) is 4. The molecule has 0 radical (unpaired) electrons. The van der Waals surface area contributed by atoms with Crippen LogP contribution in [0.15, 0.2) is 22.4 Å². The maximum atomic E-state index is 12.9. The number of carbonyl (C=O) groups is 1. The molecular weight excluding hydrogens is 352 g/mol. The molecule has 0 N–H and O–H groups in total. The van der Waals surface area contributed by atoms with E-state index in [4.69, 9.17) is 9.15 Å².